The van der Waals surface area contributed by atoms with Crippen molar-refractivity contribution in [2.24, 2.45) is 29.1 Å². The van der Waals surface area contributed by atoms with Crippen LogP contribution in [0.4, 0.5) is 4.79 Å². The van der Waals surface area contributed by atoms with Crippen LogP contribution in [0.2, 0.25) is 0 Å². The molecule has 3 N–H and O–H groups in total. The van der Waals surface area contributed by atoms with Gasteiger partial charge in [-0.1, -0.05) is 19.8 Å². The quantitative estimate of drug-likeness (QED) is 0.508. The summed E-state index contributed by atoms with van der Waals surface area (Å²) in [5.74, 6) is 0.695. The number of ether oxygens (including phenoxy) is 1. The third-order valence-electron chi connectivity index (χ3n) is 9.33. The van der Waals surface area contributed by atoms with E-state index in [0.29, 0.717) is 23.7 Å². The standard InChI is InChI=1S/C26H39N3O6/c1-15-4-2-3-5-20(15)27-25(34)28-22(31)14-35-23(32)21-9-19(30)13-29(21)24(33)26-10-16-6-17(11-26)8-18(7-16)12-26/h15-21,30H,2-14H2,1H3,(H2,27,28,31,34). The number of carbonyl (C=O) groups is 4. The number of nitrogens with one attached hydrogen (secondary N) is 2. The molecular formula is C26H39N3O6. The SMILES string of the molecule is CC1CCCCC1NC(=O)NC(=O)COC(=O)C1CC(O)CN1C(=O)C12CC3CC(CC(C3)C1)C2. The minimum absolute atomic E-state index is 0.0273. The smallest absolute Gasteiger partial charge is 0.329 e. The molecule has 6 rings (SSSR count). The molecule has 0 spiro atoms. The minimum atomic E-state index is -0.893. The van der Waals surface area contributed by atoms with Crippen LogP contribution in [0.5, 0.6) is 0 Å². The number of urea groups is 1. The van der Waals surface area contributed by atoms with Crippen LogP contribution >= 0.6 is 0 Å². The maximum atomic E-state index is 13.7. The summed E-state index contributed by atoms with van der Waals surface area (Å²) >= 11 is 0. The Bertz CT molecular complexity index is 840. The van der Waals surface area contributed by atoms with Crippen LogP contribution in [0.25, 0.3) is 0 Å². The van der Waals surface area contributed by atoms with Gasteiger partial charge in [0.25, 0.3) is 5.91 Å². The molecule has 0 radical (unpaired) electrons. The van der Waals surface area contributed by atoms with Gasteiger partial charge in [-0.3, -0.25) is 14.9 Å². The molecule has 5 aliphatic carbocycles. The van der Waals surface area contributed by atoms with Gasteiger partial charge in [0.2, 0.25) is 5.91 Å². The largest absolute Gasteiger partial charge is 0.454 e. The Kier molecular flexibility index (Phi) is 6.81. The Balaban J connectivity index is 1.14. The molecule has 4 bridgehead atoms. The zero-order valence-corrected chi connectivity index (χ0v) is 20.7. The lowest BCUT2D eigenvalue weighted by molar-refractivity contribution is -0.166. The van der Waals surface area contributed by atoms with E-state index >= 15 is 0 Å². The number of β-amino-alcohol motifs (C(OH)–C–C–N with tert-alkyl or cyclic N) is 1. The van der Waals surface area contributed by atoms with E-state index in [-0.39, 0.29) is 24.9 Å². The van der Waals surface area contributed by atoms with Crippen molar-refractivity contribution in [1.82, 2.24) is 15.5 Å². The molecule has 1 heterocycles. The van der Waals surface area contributed by atoms with E-state index in [4.69, 9.17) is 4.74 Å². The van der Waals surface area contributed by atoms with Gasteiger partial charge in [0, 0.05) is 19.0 Å². The lowest BCUT2D eigenvalue weighted by atomic mass is 9.49. The number of amides is 4. The maximum absolute atomic E-state index is 13.7. The number of aliphatic hydroxyl groups is 1. The first-order valence-electron chi connectivity index (χ1n) is 13.5. The fourth-order valence-corrected chi connectivity index (χ4v) is 8.07. The number of esters is 1. The second kappa shape index (κ2) is 9.71. The zero-order chi connectivity index (χ0) is 24.7. The summed E-state index contributed by atoms with van der Waals surface area (Å²) < 4.78 is 5.21. The number of hydrogen-bond donors (Lipinski definition) is 3. The van der Waals surface area contributed by atoms with Crippen LogP contribution in [-0.2, 0) is 19.1 Å². The summed E-state index contributed by atoms with van der Waals surface area (Å²) in [6.07, 6.45) is 9.71. The number of rotatable bonds is 5. The van der Waals surface area contributed by atoms with E-state index in [2.05, 4.69) is 17.6 Å². The van der Waals surface area contributed by atoms with Crippen molar-refractivity contribution in [3.8, 4) is 0 Å². The van der Waals surface area contributed by atoms with Crippen molar-refractivity contribution in [1.29, 1.82) is 0 Å². The summed E-state index contributed by atoms with van der Waals surface area (Å²) in [6, 6.07) is -1.45. The topological polar surface area (TPSA) is 125 Å². The number of carbonyl (C=O) groups excluding carboxylic acids is 4. The van der Waals surface area contributed by atoms with E-state index in [1.807, 2.05) is 0 Å². The molecule has 9 nitrogen and oxygen atoms in total. The summed E-state index contributed by atoms with van der Waals surface area (Å²) in [6.45, 7) is 1.60. The van der Waals surface area contributed by atoms with E-state index in [9.17, 15) is 24.3 Å². The fraction of sp³-hybridized carbons (Fsp3) is 0.846. The van der Waals surface area contributed by atoms with Crippen LogP contribution < -0.4 is 10.6 Å². The van der Waals surface area contributed by atoms with Crippen LogP contribution in [0.3, 0.4) is 0 Å². The second-order valence-electron chi connectivity index (χ2n) is 12.1. The van der Waals surface area contributed by atoms with Crippen molar-refractivity contribution in [3.63, 3.8) is 0 Å². The Morgan fingerprint density at radius 1 is 0.971 bits per heavy atom. The molecule has 0 aromatic heterocycles. The van der Waals surface area contributed by atoms with E-state index in [1.54, 1.807) is 0 Å². The molecule has 0 aromatic rings. The molecule has 6 fully saturated rings. The van der Waals surface area contributed by atoms with Gasteiger partial charge in [-0.15, -0.1) is 0 Å². The molecule has 1 saturated heterocycles. The molecule has 1 aliphatic heterocycles. The molecule has 194 valence electrons. The highest BCUT2D eigenvalue weighted by Gasteiger charge is 2.57. The number of nitrogens with zero attached hydrogens (tertiary/aromatic N) is 1. The Labute approximate surface area is 206 Å². The average Bonchev–Trinajstić information content (AvgIpc) is 3.19. The average molecular weight is 490 g/mol. The van der Waals surface area contributed by atoms with Crippen molar-refractivity contribution in [2.45, 2.75) is 95.7 Å². The lowest BCUT2D eigenvalue weighted by Gasteiger charge is -2.56. The fourth-order valence-electron chi connectivity index (χ4n) is 8.07. The maximum Gasteiger partial charge on any atom is 0.329 e. The molecule has 4 amide bonds. The highest BCUT2D eigenvalue weighted by Crippen LogP contribution is 2.60. The predicted octanol–water partition coefficient (Wildman–Crippen LogP) is 2.11. The molecule has 4 atom stereocenters. The number of aliphatic hydroxyl groups excluding tert-OH is 1. The molecule has 6 aliphatic rings. The summed E-state index contributed by atoms with van der Waals surface area (Å²) in [7, 11) is 0. The van der Waals surface area contributed by atoms with Gasteiger partial charge >= 0.3 is 12.0 Å². The van der Waals surface area contributed by atoms with Crippen LogP contribution in [0.1, 0.15) is 77.6 Å². The van der Waals surface area contributed by atoms with Gasteiger partial charge in [-0.2, -0.15) is 0 Å². The molecule has 9 heteroatoms. The number of likely N-dealkylation sites (tertiary alicyclic amines) is 1. The first-order chi connectivity index (χ1) is 16.7. The Morgan fingerprint density at radius 3 is 2.23 bits per heavy atom. The molecule has 35 heavy (non-hydrogen) atoms. The number of hydrogen-bond acceptors (Lipinski definition) is 6. The van der Waals surface area contributed by atoms with Gasteiger partial charge in [-0.25, -0.2) is 9.59 Å². The van der Waals surface area contributed by atoms with Crippen molar-refractivity contribution < 1.29 is 29.0 Å². The highest BCUT2D eigenvalue weighted by molar-refractivity contribution is 5.96. The first kappa shape index (κ1) is 24.5. The minimum Gasteiger partial charge on any atom is -0.454 e. The lowest BCUT2D eigenvalue weighted by Crippen LogP contribution is -2.56. The van der Waals surface area contributed by atoms with E-state index in [1.165, 1.54) is 24.2 Å². The van der Waals surface area contributed by atoms with Gasteiger partial charge in [0.1, 0.15) is 6.04 Å². The van der Waals surface area contributed by atoms with Crippen LogP contribution in [0.15, 0.2) is 0 Å². The predicted molar refractivity (Wildman–Crippen MR) is 126 cm³/mol. The number of imide groups is 1. The zero-order valence-electron chi connectivity index (χ0n) is 20.7. The monoisotopic (exact) mass is 489 g/mol. The van der Waals surface area contributed by atoms with E-state index < -0.39 is 42.1 Å². The van der Waals surface area contributed by atoms with Crippen molar-refractivity contribution >= 4 is 23.8 Å². The van der Waals surface area contributed by atoms with Gasteiger partial charge < -0.3 is 20.1 Å². The highest BCUT2D eigenvalue weighted by atomic mass is 16.5. The summed E-state index contributed by atoms with van der Waals surface area (Å²) in [5.41, 5.74) is -0.414. The second-order valence-corrected chi connectivity index (χ2v) is 12.1. The summed E-state index contributed by atoms with van der Waals surface area (Å²) in [5, 5.41) is 15.4. The normalized spacial score (nSPS) is 39.8. The van der Waals surface area contributed by atoms with Gasteiger partial charge in [0.05, 0.1) is 11.5 Å². The van der Waals surface area contributed by atoms with Crippen LogP contribution in [0, 0.1) is 29.1 Å². The molecule has 0 aromatic carbocycles. The Morgan fingerprint density at radius 2 is 1.60 bits per heavy atom. The van der Waals surface area contributed by atoms with Gasteiger partial charge in [-0.05, 0) is 75.0 Å². The Hall–Kier alpha value is -2.16. The molecule has 5 saturated carbocycles. The third-order valence-corrected chi connectivity index (χ3v) is 9.33. The molecule has 4 unspecified atom stereocenters. The third kappa shape index (κ3) is 5.06. The summed E-state index contributed by atoms with van der Waals surface area (Å²) in [4.78, 5) is 52.5. The molecular weight excluding hydrogens is 450 g/mol. The van der Waals surface area contributed by atoms with Gasteiger partial charge in [0.15, 0.2) is 6.61 Å². The van der Waals surface area contributed by atoms with E-state index in [0.717, 1.165) is 44.9 Å². The van der Waals surface area contributed by atoms with Crippen molar-refractivity contribution in [2.75, 3.05) is 13.2 Å². The van der Waals surface area contributed by atoms with Crippen LogP contribution in [-0.4, -0.2) is 65.2 Å². The van der Waals surface area contributed by atoms with Crippen molar-refractivity contribution in [3.05, 3.63) is 0 Å². The first-order valence-corrected chi connectivity index (χ1v) is 13.5.